The molecule has 1 heterocycles. The first kappa shape index (κ1) is 18.4. The van der Waals surface area contributed by atoms with Crippen LogP contribution >= 0.6 is 0 Å². The van der Waals surface area contributed by atoms with Crippen molar-refractivity contribution in [3.63, 3.8) is 0 Å². The van der Waals surface area contributed by atoms with Gasteiger partial charge in [-0.25, -0.2) is 4.39 Å². The minimum atomic E-state index is -0.243. The molecule has 0 spiro atoms. The Balaban J connectivity index is 1.80. The van der Waals surface area contributed by atoms with Crippen molar-refractivity contribution in [1.82, 2.24) is 10.2 Å². The Morgan fingerprint density at radius 1 is 1.25 bits per heavy atom. The van der Waals surface area contributed by atoms with Crippen LogP contribution in [-0.2, 0) is 16.0 Å². The van der Waals surface area contributed by atoms with Gasteiger partial charge in [-0.05, 0) is 36.5 Å². The lowest BCUT2D eigenvalue weighted by atomic mass is 9.91. The molecule has 1 fully saturated rings. The van der Waals surface area contributed by atoms with Crippen molar-refractivity contribution in [3.05, 3.63) is 35.6 Å². The zero-order chi connectivity index (χ0) is 17.7. The van der Waals surface area contributed by atoms with Gasteiger partial charge in [-0.2, -0.15) is 0 Å². The van der Waals surface area contributed by atoms with E-state index in [-0.39, 0.29) is 23.7 Å². The lowest BCUT2D eigenvalue weighted by Gasteiger charge is -2.22. The summed E-state index contributed by atoms with van der Waals surface area (Å²) in [5.41, 5.74) is 1.04. The van der Waals surface area contributed by atoms with E-state index in [1.54, 1.807) is 19.1 Å². The van der Waals surface area contributed by atoms with Gasteiger partial charge in [-0.1, -0.05) is 26.0 Å². The number of carbonyl (C=O) groups is 2. The van der Waals surface area contributed by atoms with Crippen molar-refractivity contribution in [1.29, 1.82) is 0 Å². The van der Waals surface area contributed by atoms with Gasteiger partial charge in [-0.3, -0.25) is 9.59 Å². The van der Waals surface area contributed by atoms with Crippen LogP contribution in [0.15, 0.2) is 24.3 Å². The molecule has 1 aromatic rings. The molecule has 0 aliphatic carbocycles. The fourth-order valence-corrected chi connectivity index (χ4v) is 3.30. The summed E-state index contributed by atoms with van der Waals surface area (Å²) < 4.78 is 12.9. The lowest BCUT2D eigenvalue weighted by Crippen LogP contribution is -2.42. The van der Waals surface area contributed by atoms with Crippen LogP contribution in [0.4, 0.5) is 4.39 Å². The number of rotatable bonds is 6. The molecule has 1 aliphatic heterocycles. The number of nitrogens with zero attached hydrogens (tertiary/aromatic N) is 1. The van der Waals surface area contributed by atoms with E-state index in [2.05, 4.69) is 19.2 Å². The summed E-state index contributed by atoms with van der Waals surface area (Å²) in [4.78, 5) is 25.6. The predicted molar refractivity (Wildman–Crippen MR) is 91.9 cm³/mol. The Morgan fingerprint density at radius 3 is 2.50 bits per heavy atom. The van der Waals surface area contributed by atoms with Gasteiger partial charge in [0.2, 0.25) is 11.8 Å². The molecule has 1 saturated heterocycles. The predicted octanol–water partition coefficient (Wildman–Crippen LogP) is 2.77. The average Bonchev–Trinajstić information content (AvgIpc) is 2.93. The molecule has 5 heteroatoms. The number of hydrogen-bond donors (Lipinski definition) is 1. The number of hydrogen-bond acceptors (Lipinski definition) is 2. The molecule has 4 nitrogen and oxygen atoms in total. The van der Waals surface area contributed by atoms with Gasteiger partial charge in [0.15, 0.2) is 0 Å². The van der Waals surface area contributed by atoms with E-state index in [9.17, 15) is 14.0 Å². The Bertz CT molecular complexity index is 571. The van der Waals surface area contributed by atoms with Crippen LogP contribution in [0.3, 0.4) is 0 Å². The maximum Gasteiger partial charge on any atom is 0.220 e. The van der Waals surface area contributed by atoms with Crippen LogP contribution in [0.1, 0.15) is 39.2 Å². The highest BCUT2D eigenvalue weighted by molar-refractivity contribution is 5.77. The Labute approximate surface area is 143 Å². The third-order valence-corrected chi connectivity index (χ3v) is 4.80. The number of amides is 2. The summed E-state index contributed by atoms with van der Waals surface area (Å²) in [5, 5.41) is 3.10. The second-order valence-corrected chi connectivity index (χ2v) is 6.99. The topological polar surface area (TPSA) is 49.4 Å². The summed E-state index contributed by atoms with van der Waals surface area (Å²) in [6.45, 7) is 7.14. The Morgan fingerprint density at radius 2 is 1.92 bits per heavy atom. The van der Waals surface area contributed by atoms with E-state index >= 15 is 0 Å². The second-order valence-electron chi connectivity index (χ2n) is 6.99. The fourth-order valence-electron chi connectivity index (χ4n) is 3.30. The van der Waals surface area contributed by atoms with Gasteiger partial charge in [-0.15, -0.1) is 0 Å². The van der Waals surface area contributed by atoms with Gasteiger partial charge < -0.3 is 10.2 Å². The number of carbonyl (C=O) groups excluding carboxylic acids is 2. The molecule has 2 atom stereocenters. The monoisotopic (exact) mass is 334 g/mol. The number of halogens is 1. The number of likely N-dealkylation sites (tertiary alicyclic amines) is 1. The first-order valence-electron chi connectivity index (χ1n) is 8.66. The van der Waals surface area contributed by atoms with Gasteiger partial charge in [0.1, 0.15) is 5.82 Å². The molecule has 1 N–H and O–H groups in total. The Hall–Kier alpha value is -1.91. The summed E-state index contributed by atoms with van der Waals surface area (Å²) in [5.74, 6) is 0.563. The minimum Gasteiger partial charge on any atom is -0.351 e. The first-order valence-corrected chi connectivity index (χ1v) is 8.66. The van der Waals surface area contributed by atoms with Crippen molar-refractivity contribution >= 4 is 11.8 Å². The summed E-state index contributed by atoms with van der Waals surface area (Å²) in [6, 6.07) is 6.43. The molecule has 132 valence electrons. The van der Waals surface area contributed by atoms with Crippen molar-refractivity contribution in [2.75, 3.05) is 13.1 Å². The van der Waals surface area contributed by atoms with Gasteiger partial charge in [0, 0.05) is 32.4 Å². The molecule has 2 amide bonds. The van der Waals surface area contributed by atoms with Crippen LogP contribution < -0.4 is 5.32 Å². The van der Waals surface area contributed by atoms with E-state index < -0.39 is 0 Å². The summed E-state index contributed by atoms with van der Waals surface area (Å²) in [6.07, 6.45) is 1.93. The molecule has 0 radical (unpaired) electrons. The van der Waals surface area contributed by atoms with Crippen molar-refractivity contribution in [2.45, 2.75) is 46.1 Å². The molecule has 1 aliphatic rings. The molecule has 0 bridgehead atoms. The standard InChI is InChI=1S/C19H27FN2O2/c1-13(2)17-11-22(14(3)23)12-18(17)21-19(24)6-4-5-15-7-9-16(20)10-8-15/h7-10,13,17-18H,4-6,11-12H2,1-3H3,(H,21,24). The van der Waals surface area contributed by atoms with Crippen LogP contribution in [0, 0.1) is 17.7 Å². The molecule has 0 aromatic heterocycles. The molecular formula is C19H27FN2O2. The van der Waals surface area contributed by atoms with E-state index in [0.717, 1.165) is 18.4 Å². The molecule has 24 heavy (non-hydrogen) atoms. The zero-order valence-corrected chi connectivity index (χ0v) is 14.7. The lowest BCUT2D eigenvalue weighted by molar-refractivity contribution is -0.128. The fraction of sp³-hybridized carbons (Fsp3) is 0.579. The number of aryl methyl sites for hydroxylation is 1. The van der Waals surface area contributed by atoms with E-state index in [0.29, 0.717) is 31.3 Å². The van der Waals surface area contributed by atoms with Gasteiger partial charge >= 0.3 is 0 Å². The quantitative estimate of drug-likeness (QED) is 0.870. The SMILES string of the molecule is CC(=O)N1CC(NC(=O)CCCc2ccc(F)cc2)C(C(C)C)C1. The first-order chi connectivity index (χ1) is 11.4. The van der Waals surface area contributed by atoms with E-state index in [1.807, 2.05) is 4.90 Å². The largest absolute Gasteiger partial charge is 0.351 e. The average molecular weight is 334 g/mol. The van der Waals surface area contributed by atoms with E-state index in [4.69, 9.17) is 0 Å². The highest BCUT2D eigenvalue weighted by Gasteiger charge is 2.36. The van der Waals surface area contributed by atoms with Crippen LogP contribution in [0.2, 0.25) is 0 Å². The van der Waals surface area contributed by atoms with E-state index in [1.165, 1.54) is 12.1 Å². The van der Waals surface area contributed by atoms with Crippen LogP contribution in [0.5, 0.6) is 0 Å². The summed E-state index contributed by atoms with van der Waals surface area (Å²) in [7, 11) is 0. The maximum absolute atomic E-state index is 12.9. The third kappa shape index (κ3) is 5.05. The second kappa shape index (κ2) is 8.27. The third-order valence-electron chi connectivity index (χ3n) is 4.80. The van der Waals surface area contributed by atoms with Gasteiger partial charge in [0.25, 0.3) is 0 Å². The molecule has 1 aromatic carbocycles. The molecule has 2 rings (SSSR count). The van der Waals surface area contributed by atoms with Crippen molar-refractivity contribution < 1.29 is 14.0 Å². The van der Waals surface area contributed by atoms with Gasteiger partial charge in [0.05, 0.1) is 6.04 Å². The number of benzene rings is 1. The van der Waals surface area contributed by atoms with Crippen LogP contribution in [-0.4, -0.2) is 35.8 Å². The van der Waals surface area contributed by atoms with Crippen LogP contribution in [0.25, 0.3) is 0 Å². The highest BCUT2D eigenvalue weighted by atomic mass is 19.1. The highest BCUT2D eigenvalue weighted by Crippen LogP contribution is 2.24. The van der Waals surface area contributed by atoms with Crippen molar-refractivity contribution in [2.24, 2.45) is 11.8 Å². The molecule has 0 saturated carbocycles. The summed E-state index contributed by atoms with van der Waals surface area (Å²) >= 11 is 0. The zero-order valence-electron chi connectivity index (χ0n) is 14.7. The Kier molecular flexibility index (Phi) is 6.35. The minimum absolute atomic E-state index is 0.0261. The molecular weight excluding hydrogens is 307 g/mol. The number of nitrogens with one attached hydrogen (secondary N) is 1. The van der Waals surface area contributed by atoms with Crippen molar-refractivity contribution in [3.8, 4) is 0 Å². The maximum atomic E-state index is 12.9. The molecule has 2 unspecified atom stereocenters. The normalized spacial score (nSPS) is 20.5. The smallest absolute Gasteiger partial charge is 0.220 e.